The highest BCUT2D eigenvalue weighted by Gasteiger charge is 2.07. The molecule has 1 N–H and O–H groups in total. The Bertz CT molecular complexity index is 494. The number of hydrogen-bond acceptors (Lipinski definition) is 2. The monoisotopic (exact) mass is 250 g/mol. The summed E-state index contributed by atoms with van der Waals surface area (Å²) in [7, 11) is 0. The van der Waals surface area contributed by atoms with E-state index in [1.54, 1.807) is 12.1 Å². The van der Waals surface area contributed by atoms with E-state index < -0.39 is 6.29 Å². The van der Waals surface area contributed by atoms with Crippen molar-refractivity contribution >= 4 is 0 Å². The van der Waals surface area contributed by atoms with Gasteiger partial charge in [0.1, 0.15) is 11.6 Å². The van der Waals surface area contributed by atoms with Crippen molar-refractivity contribution in [3.05, 3.63) is 71.3 Å². The van der Waals surface area contributed by atoms with Crippen LogP contribution in [-0.2, 0) is 11.3 Å². The highest BCUT2D eigenvalue weighted by molar-refractivity contribution is 5.18. The van der Waals surface area contributed by atoms with Gasteiger partial charge >= 0.3 is 0 Å². The van der Waals surface area contributed by atoms with E-state index in [9.17, 15) is 13.9 Å². The Morgan fingerprint density at radius 2 is 1.39 bits per heavy atom. The van der Waals surface area contributed by atoms with Gasteiger partial charge < -0.3 is 9.84 Å². The van der Waals surface area contributed by atoms with E-state index in [0.29, 0.717) is 5.56 Å². The first-order valence-electron chi connectivity index (χ1n) is 5.45. The molecule has 0 saturated carbocycles. The van der Waals surface area contributed by atoms with Crippen molar-refractivity contribution in [2.24, 2.45) is 0 Å². The molecule has 2 nitrogen and oxygen atoms in total. The van der Waals surface area contributed by atoms with Gasteiger partial charge in [-0.05, 0) is 29.8 Å². The van der Waals surface area contributed by atoms with Crippen LogP contribution in [0.4, 0.5) is 8.78 Å². The van der Waals surface area contributed by atoms with E-state index >= 15 is 0 Å². The van der Waals surface area contributed by atoms with E-state index in [4.69, 9.17) is 4.74 Å². The lowest BCUT2D eigenvalue weighted by molar-refractivity contribution is -0.112. The van der Waals surface area contributed by atoms with Gasteiger partial charge in [0, 0.05) is 5.56 Å². The quantitative estimate of drug-likeness (QED) is 0.844. The molecule has 0 spiro atoms. The van der Waals surface area contributed by atoms with Crippen LogP contribution in [0.2, 0.25) is 0 Å². The first kappa shape index (κ1) is 12.7. The Morgan fingerprint density at radius 1 is 0.889 bits per heavy atom. The Balaban J connectivity index is 1.93. The first-order chi connectivity index (χ1) is 8.65. The number of benzene rings is 2. The predicted octanol–water partition coefficient (Wildman–Crippen LogP) is 3.17. The molecule has 0 aromatic heterocycles. The molecule has 94 valence electrons. The van der Waals surface area contributed by atoms with Crippen molar-refractivity contribution in [2.45, 2.75) is 12.9 Å². The zero-order valence-corrected chi connectivity index (χ0v) is 9.51. The van der Waals surface area contributed by atoms with Gasteiger partial charge in [0.2, 0.25) is 0 Å². The number of halogens is 2. The van der Waals surface area contributed by atoms with Gasteiger partial charge in [-0.25, -0.2) is 8.78 Å². The zero-order chi connectivity index (χ0) is 13.0. The fourth-order valence-corrected chi connectivity index (χ4v) is 1.48. The fraction of sp³-hybridized carbons (Fsp3) is 0.143. The second-order valence-corrected chi connectivity index (χ2v) is 3.84. The standard InChI is InChI=1S/C14H12F2O2/c15-12-5-1-10(2-6-12)9-18-14(17)11-3-7-13(16)8-4-11/h1-8,14,17H,9H2. The van der Waals surface area contributed by atoms with Crippen molar-refractivity contribution < 1.29 is 18.6 Å². The minimum atomic E-state index is -1.13. The molecule has 4 heteroatoms. The van der Waals surface area contributed by atoms with Gasteiger partial charge in [-0.3, -0.25) is 0 Å². The third-order valence-corrected chi connectivity index (χ3v) is 2.48. The van der Waals surface area contributed by atoms with Crippen molar-refractivity contribution in [1.29, 1.82) is 0 Å². The second kappa shape index (κ2) is 5.71. The van der Waals surface area contributed by atoms with Gasteiger partial charge in [-0.2, -0.15) is 0 Å². The third-order valence-electron chi connectivity index (χ3n) is 2.48. The molecule has 0 radical (unpaired) electrons. The SMILES string of the molecule is OC(OCc1ccc(F)cc1)c1ccc(F)cc1. The van der Waals surface area contributed by atoms with Gasteiger partial charge in [-0.1, -0.05) is 24.3 Å². The largest absolute Gasteiger partial charge is 0.364 e. The molecule has 0 amide bonds. The number of hydrogen-bond donors (Lipinski definition) is 1. The maximum absolute atomic E-state index is 12.7. The van der Waals surface area contributed by atoms with Crippen molar-refractivity contribution in [2.75, 3.05) is 0 Å². The van der Waals surface area contributed by atoms with Crippen molar-refractivity contribution in [3.8, 4) is 0 Å². The van der Waals surface area contributed by atoms with Crippen molar-refractivity contribution in [1.82, 2.24) is 0 Å². The van der Waals surface area contributed by atoms with Crippen LogP contribution >= 0.6 is 0 Å². The van der Waals surface area contributed by atoms with Gasteiger partial charge in [-0.15, -0.1) is 0 Å². The Kier molecular flexibility index (Phi) is 4.02. The Hall–Kier alpha value is -1.78. The van der Waals surface area contributed by atoms with Crippen LogP contribution in [-0.4, -0.2) is 5.11 Å². The molecular formula is C14H12F2O2. The molecule has 18 heavy (non-hydrogen) atoms. The molecule has 2 aromatic rings. The Morgan fingerprint density at radius 3 is 1.94 bits per heavy atom. The summed E-state index contributed by atoms with van der Waals surface area (Å²) >= 11 is 0. The number of aliphatic hydroxyl groups is 1. The molecule has 1 atom stereocenters. The number of rotatable bonds is 4. The fourth-order valence-electron chi connectivity index (χ4n) is 1.48. The first-order valence-corrected chi connectivity index (χ1v) is 5.45. The molecule has 1 unspecified atom stereocenters. The lowest BCUT2D eigenvalue weighted by Gasteiger charge is -2.12. The van der Waals surface area contributed by atoms with E-state index in [1.807, 2.05) is 0 Å². The molecule has 0 bridgehead atoms. The van der Waals surface area contributed by atoms with Crippen LogP contribution in [0.15, 0.2) is 48.5 Å². The molecule has 0 saturated heterocycles. The average Bonchev–Trinajstić information content (AvgIpc) is 2.38. The normalized spacial score (nSPS) is 12.4. The Labute approximate surface area is 103 Å². The smallest absolute Gasteiger partial charge is 0.181 e. The summed E-state index contributed by atoms with van der Waals surface area (Å²) in [6.45, 7) is 0.152. The van der Waals surface area contributed by atoms with Crippen molar-refractivity contribution in [3.63, 3.8) is 0 Å². The van der Waals surface area contributed by atoms with E-state index in [0.717, 1.165) is 5.56 Å². The molecule has 2 aromatic carbocycles. The van der Waals surface area contributed by atoms with Crippen LogP contribution in [0.25, 0.3) is 0 Å². The lowest BCUT2D eigenvalue weighted by Crippen LogP contribution is -2.03. The summed E-state index contributed by atoms with van der Waals surface area (Å²) in [5.41, 5.74) is 1.22. The van der Waals surface area contributed by atoms with Crippen LogP contribution in [0.3, 0.4) is 0 Å². The maximum Gasteiger partial charge on any atom is 0.181 e. The minimum absolute atomic E-state index is 0.152. The summed E-state index contributed by atoms with van der Waals surface area (Å²) < 4.78 is 30.5. The molecule has 0 fully saturated rings. The van der Waals surface area contributed by atoms with Crippen LogP contribution < -0.4 is 0 Å². The van der Waals surface area contributed by atoms with Gasteiger partial charge in [0.15, 0.2) is 6.29 Å². The topological polar surface area (TPSA) is 29.5 Å². The molecule has 2 rings (SSSR count). The zero-order valence-electron chi connectivity index (χ0n) is 9.51. The average molecular weight is 250 g/mol. The van der Waals surface area contributed by atoms with Gasteiger partial charge in [0.25, 0.3) is 0 Å². The molecule has 0 aliphatic rings. The van der Waals surface area contributed by atoms with Crippen LogP contribution in [0, 0.1) is 11.6 Å². The highest BCUT2D eigenvalue weighted by Crippen LogP contribution is 2.16. The lowest BCUT2D eigenvalue weighted by atomic mass is 10.2. The molecular weight excluding hydrogens is 238 g/mol. The minimum Gasteiger partial charge on any atom is -0.364 e. The van der Waals surface area contributed by atoms with Crippen LogP contribution in [0.1, 0.15) is 17.4 Å². The summed E-state index contributed by atoms with van der Waals surface area (Å²) in [6.07, 6.45) is -1.13. The summed E-state index contributed by atoms with van der Waals surface area (Å²) in [6, 6.07) is 11.2. The van der Waals surface area contributed by atoms with E-state index in [-0.39, 0.29) is 18.2 Å². The predicted molar refractivity (Wildman–Crippen MR) is 62.5 cm³/mol. The molecule has 0 heterocycles. The van der Waals surface area contributed by atoms with E-state index in [2.05, 4.69) is 0 Å². The summed E-state index contributed by atoms with van der Waals surface area (Å²) in [5, 5.41) is 9.71. The molecule has 0 aliphatic heterocycles. The second-order valence-electron chi connectivity index (χ2n) is 3.84. The number of aliphatic hydroxyl groups excluding tert-OH is 1. The van der Waals surface area contributed by atoms with Crippen LogP contribution in [0.5, 0.6) is 0 Å². The third kappa shape index (κ3) is 3.35. The number of ether oxygens (including phenoxy) is 1. The maximum atomic E-state index is 12.7. The van der Waals surface area contributed by atoms with E-state index in [1.165, 1.54) is 36.4 Å². The summed E-state index contributed by atoms with van der Waals surface area (Å²) in [5.74, 6) is -0.692. The summed E-state index contributed by atoms with van der Waals surface area (Å²) in [4.78, 5) is 0. The van der Waals surface area contributed by atoms with Gasteiger partial charge in [0.05, 0.1) is 6.61 Å². The highest BCUT2D eigenvalue weighted by atomic mass is 19.1. The molecule has 0 aliphatic carbocycles.